The van der Waals surface area contributed by atoms with Crippen LogP contribution in [0.4, 0.5) is 0 Å². The van der Waals surface area contributed by atoms with Gasteiger partial charge in [0.25, 0.3) is 9.05 Å². The molecule has 276 valence electrons. The van der Waals surface area contributed by atoms with Gasteiger partial charge in [-0.2, -0.15) is 0 Å². The van der Waals surface area contributed by atoms with E-state index in [1.54, 1.807) is 42.5 Å². The van der Waals surface area contributed by atoms with Gasteiger partial charge in [-0.3, -0.25) is 9.59 Å². The van der Waals surface area contributed by atoms with Gasteiger partial charge in [0.15, 0.2) is 0 Å². The van der Waals surface area contributed by atoms with E-state index in [0.29, 0.717) is 63.8 Å². The summed E-state index contributed by atoms with van der Waals surface area (Å²) in [5, 5.41) is 2.12. The van der Waals surface area contributed by atoms with Crippen LogP contribution in [0.2, 0.25) is 10.3 Å². The van der Waals surface area contributed by atoms with E-state index < -0.39 is 19.1 Å². The number of halogens is 3. The summed E-state index contributed by atoms with van der Waals surface area (Å²) < 4.78 is 59.5. The van der Waals surface area contributed by atoms with Crippen LogP contribution in [0.3, 0.4) is 0 Å². The Morgan fingerprint density at radius 3 is 1.57 bits per heavy atom. The second-order valence-corrected chi connectivity index (χ2v) is 17.3. The minimum Gasteiger partial charge on any atom is -0.469 e. The maximum atomic E-state index is 12.6. The van der Waals surface area contributed by atoms with Crippen molar-refractivity contribution in [2.24, 2.45) is 17.6 Å². The molecule has 17 heteroatoms. The van der Waals surface area contributed by atoms with Gasteiger partial charge >= 0.3 is 11.9 Å². The van der Waals surface area contributed by atoms with Crippen molar-refractivity contribution in [1.82, 2.24) is 14.7 Å². The average Bonchev–Trinajstić information content (AvgIpc) is 3.11. The van der Waals surface area contributed by atoms with E-state index in [4.69, 9.17) is 44.4 Å². The molecule has 4 aromatic rings. The third-order valence-corrected chi connectivity index (χ3v) is 12.0. The van der Waals surface area contributed by atoms with E-state index in [9.17, 15) is 26.4 Å². The molecule has 2 fully saturated rings. The molecule has 12 nitrogen and oxygen atoms in total. The summed E-state index contributed by atoms with van der Waals surface area (Å²) in [6.45, 7) is 0. The van der Waals surface area contributed by atoms with Gasteiger partial charge in [-0.05, 0) is 112 Å². The van der Waals surface area contributed by atoms with E-state index in [0.717, 1.165) is 25.7 Å². The number of esters is 2. The summed E-state index contributed by atoms with van der Waals surface area (Å²) in [4.78, 5) is 31.0. The maximum absolute atomic E-state index is 12.6. The monoisotopic (exact) mass is 800 g/mol. The fraction of sp³-hybridized carbons (Fsp3) is 0.412. The van der Waals surface area contributed by atoms with Gasteiger partial charge in [0.05, 0.1) is 46.9 Å². The number of nitrogens with zero attached hydrogens (tertiary/aromatic N) is 2. The SMILES string of the molecule is COC(=O)C1CCC(N)CC1.COC(=O)C1CCC(NS(=O)(=O)c2ccc3nc(Cl)ccc3c2)CC1.O=S(=O)(Cl)c1ccc2nc(Cl)ccc2c1. The number of hydrogen-bond acceptors (Lipinski definition) is 11. The predicted octanol–water partition coefficient (Wildman–Crippen LogP) is 6.39. The fourth-order valence-electron chi connectivity index (χ4n) is 5.90. The summed E-state index contributed by atoms with van der Waals surface area (Å²) in [6, 6.07) is 15.9. The molecule has 0 unspecified atom stereocenters. The number of carbonyl (C=O) groups is 2. The Balaban J connectivity index is 0.000000190. The van der Waals surface area contributed by atoms with Crippen LogP contribution in [0.1, 0.15) is 51.4 Å². The zero-order chi connectivity index (χ0) is 37.3. The van der Waals surface area contributed by atoms with Crippen LogP contribution in [-0.4, -0.2) is 65.0 Å². The lowest BCUT2D eigenvalue weighted by Gasteiger charge is -2.27. The Hall–Kier alpha value is -3.11. The quantitative estimate of drug-likeness (QED) is 0.125. The number of fused-ring (bicyclic) bond motifs is 2. The number of pyridine rings is 2. The average molecular weight is 802 g/mol. The highest BCUT2D eigenvalue weighted by atomic mass is 35.7. The van der Waals surface area contributed by atoms with Gasteiger partial charge in [-0.15, -0.1) is 0 Å². The number of ether oxygens (including phenoxy) is 2. The van der Waals surface area contributed by atoms with Crippen LogP contribution in [0.15, 0.2) is 70.5 Å². The third kappa shape index (κ3) is 11.7. The zero-order valence-electron chi connectivity index (χ0n) is 27.9. The first-order valence-electron chi connectivity index (χ1n) is 16.1. The van der Waals surface area contributed by atoms with Crippen LogP contribution in [0.5, 0.6) is 0 Å². The largest absolute Gasteiger partial charge is 0.469 e. The van der Waals surface area contributed by atoms with Crippen molar-refractivity contribution in [3.05, 3.63) is 71.0 Å². The van der Waals surface area contributed by atoms with Crippen LogP contribution >= 0.6 is 33.9 Å². The predicted molar refractivity (Wildman–Crippen MR) is 197 cm³/mol. The number of hydrogen-bond donors (Lipinski definition) is 2. The van der Waals surface area contributed by atoms with E-state index >= 15 is 0 Å². The smallest absolute Gasteiger partial charge is 0.308 e. The van der Waals surface area contributed by atoms with Crippen molar-refractivity contribution in [1.29, 1.82) is 0 Å². The Labute approximate surface area is 311 Å². The first-order valence-corrected chi connectivity index (χ1v) is 20.6. The maximum Gasteiger partial charge on any atom is 0.308 e. The molecule has 2 aromatic carbocycles. The lowest BCUT2D eigenvalue weighted by molar-refractivity contribution is -0.147. The molecule has 0 amide bonds. The Bertz CT molecular complexity index is 2070. The Kier molecular flexibility index (Phi) is 14.4. The highest BCUT2D eigenvalue weighted by molar-refractivity contribution is 8.13. The number of benzene rings is 2. The van der Waals surface area contributed by atoms with E-state index in [1.165, 1.54) is 32.4 Å². The van der Waals surface area contributed by atoms with Crippen LogP contribution in [0, 0.1) is 11.8 Å². The number of rotatable bonds is 6. The normalized spacial score (nSPS) is 20.7. The molecule has 2 aromatic heterocycles. The molecule has 2 aliphatic carbocycles. The molecule has 2 heterocycles. The first kappa shape index (κ1) is 40.7. The van der Waals surface area contributed by atoms with Crippen molar-refractivity contribution in [2.75, 3.05) is 14.2 Å². The van der Waals surface area contributed by atoms with Crippen LogP contribution in [0.25, 0.3) is 21.8 Å². The molecular weight excluding hydrogens is 763 g/mol. The summed E-state index contributed by atoms with van der Waals surface area (Å²) in [5.41, 5.74) is 6.96. The fourth-order valence-corrected chi connectivity index (χ4v) is 8.33. The van der Waals surface area contributed by atoms with Gasteiger partial charge < -0.3 is 15.2 Å². The molecule has 2 saturated carbocycles. The lowest BCUT2D eigenvalue weighted by atomic mass is 9.86. The van der Waals surface area contributed by atoms with Crippen molar-refractivity contribution >= 4 is 86.7 Å². The number of aromatic nitrogens is 2. The van der Waals surface area contributed by atoms with Crippen molar-refractivity contribution in [2.45, 2.75) is 73.2 Å². The summed E-state index contributed by atoms with van der Waals surface area (Å²) >= 11 is 11.5. The third-order valence-electron chi connectivity index (χ3n) is 8.74. The molecule has 2 aliphatic rings. The zero-order valence-corrected chi connectivity index (χ0v) is 31.8. The highest BCUT2D eigenvalue weighted by Gasteiger charge is 2.30. The minimum atomic E-state index is -3.69. The van der Waals surface area contributed by atoms with E-state index in [-0.39, 0.29) is 39.6 Å². The number of nitrogens with two attached hydrogens (primary N) is 1. The minimum absolute atomic E-state index is 0.0563. The number of methoxy groups -OCH3 is 2. The number of sulfonamides is 1. The second kappa shape index (κ2) is 18.1. The van der Waals surface area contributed by atoms with Gasteiger partial charge in [0, 0.05) is 33.5 Å². The summed E-state index contributed by atoms with van der Waals surface area (Å²) in [7, 11) is 0.707. The Morgan fingerprint density at radius 1 is 0.686 bits per heavy atom. The highest BCUT2D eigenvalue weighted by Crippen LogP contribution is 2.28. The molecule has 0 bridgehead atoms. The van der Waals surface area contributed by atoms with Crippen molar-refractivity contribution < 1.29 is 35.9 Å². The lowest BCUT2D eigenvalue weighted by Crippen LogP contribution is -2.38. The van der Waals surface area contributed by atoms with Gasteiger partial charge in [0.2, 0.25) is 10.0 Å². The molecule has 0 aliphatic heterocycles. The van der Waals surface area contributed by atoms with Crippen molar-refractivity contribution in [3.63, 3.8) is 0 Å². The van der Waals surface area contributed by atoms with Gasteiger partial charge in [-0.25, -0.2) is 31.5 Å². The summed E-state index contributed by atoms with van der Waals surface area (Å²) in [5.74, 6) is -0.319. The molecule has 6 rings (SSSR count). The van der Waals surface area contributed by atoms with Gasteiger partial charge in [0.1, 0.15) is 10.3 Å². The molecule has 0 saturated heterocycles. The second-order valence-electron chi connectivity index (χ2n) is 12.2. The Morgan fingerprint density at radius 2 is 1.12 bits per heavy atom. The molecule has 0 atom stereocenters. The molecule has 0 radical (unpaired) electrons. The first-order chi connectivity index (χ1) is 24.1. The number of nitrogens with one attached hydrogen (secondary N) is 1. The van der Waals surface area contributed by atoms with E-state index in [1.807, 2.05) is 0 Å². The standard InChI is InChI=1S/C17H19ClN2O4S.C9H5Cl2NO2S.C8H15NO2/c1-24-17(21)11-2-5-13(6-3-11)20-25(22,23)14-7-8-15-12(10-14)4-9-16(18)19-15;10-9-4-1-6-5-7(15(11,13)14)2-3-8(6)12-9;1-11-8(10)6-2-4-7(9)5-3-6/h4,7-11,13,20H,2-3,5-6H2,1H3;1-5H;6-7H,2-5,9H2,1H3. The summed E-state index contributed by atoms with van der Waals surface area (Å²) in [6.07, 6.45) is 6.19. The molecular formula is C34H39Cl3N4O8S2. The van der Waals surface area contributed by atoms with Crippen LogP contribution in [-0.2, 0) is 38.1 Å². The van der Waals surface area contributed by atoms with E-state index in [2.05, 4.69) is 19.4 Å². The molecule has 0 spiro atoms. The molecule has 3 N–H and O–H groups in total. The topological polar surface area (TPSA) is 185 Å². The van der Waals surface area contributed by atoms with Crippen molar-refractivity contribution in [3.8, 4) is 0 Å². The van der Waals surface area contributed by atoms with Crippen LogP contribution < -0.4 is 10.5 Å². The molecule has 51 heavy (non-hydrogen) atoms. The number of carbonyl (C=O) groups excluding carboxylic acids is 2. The van der Waals surface area contributed by atoms with Gasteiger partial charge in [-0.1, -0.05) is 23.2 Å².